The number of halogens is 3. The van der Waals surface area contributed by atoms with Crippen molar-refractivity contribution in [3.8, 4) is 11.5 Å². The number of alkyl halides is 3. The van der Waals surface area contributed by atoms with Gasteiger partial charge < -0.3 is 9.25 Å². The van der Waals surface area contributed by atoms with E-state index < -0.39 is 18.1 Å². The highest BCUT2D eigenvalue weighted by Gasteiger charge is 2.42. The van der Waals surface area contributed by atoms with Gasteiger partial charge in [-0.2, -0.15) is 18.7 Å². The van der Waals surface area contributed by atoms with E-state index in [0.717, 1.165) is 25.2 Å². The minimum atomic E-state index is -5.21. The fourth-order valence-electron chi connectivity index (χ4n) is 3.65. The number of hydrogen-bond acceptors (Lipinski definition) is 6. The summed E-state index contributed by atoms with van der Waals surface area (Å²) in [5.41, 5.74) is 4.08. The molecular weight excluding hydrogens is 463 g/mol. The number of hydrogen-bond donors (Lipinski definition) is 1. The summed E-state index contributed by atoms with van der Waals surface area (Å²) < 4.78 is 42.4. The van der Waals surface area contributed by atoms with Gasteiger partial charge in [-0.15, -0.1) is 0 Å². The van der Waals surface area contributed by atoms with Crippen molar-refractivity contribution in [1.82, 2.24) is 15.4 Å². The lowest BCUT2D eigenvalue weighted by atomic mass is 10.1. The van der Waals surface area contributed by atoms with E-state index in [0.29, 0.717) is 28.8 Å². The molecule has 0 bridgehead atoms. The van der Waals surface area contributed by atoms with Crippen molar-refractivity contribution in [1.29, 1.82) is 0 Å². The predicted molar refractivity (Wildman–Crippen MR) is 124 cm³/mol. The number of oxazole rings is 1. The fourth-order valence-corrected chi connectivity index (χ4v) is 3.65. The summed E-state index contributed by atoms with van der Waals surface area (Å²) >= 11 is 0. The summed E-state index contributed by atoms with van der Waals surface area (Å²) in [6.07, 6.45) is -5.21. The number of benzene rings is 2. The first-order valence-corrected chi connectivity index (χ1v) is 11.2. The quantitative estimate of drug-likeness (QED) is 0.427. The van der Waals surface area contributed by atoms with Crippen LogP contribution in [0.2, 0.25) is 0 Å². The smallest absolute Gasteiger partial charge is 0.436 e. The first-order valence-electron chi connectivity index (χ1n) is 11.2. The van der Waals surface area contributed by atoms with Crippen LogP contribution in [-0.4, -0.2) is 41.0 Å². The lowest BCUT2D eigenvalue weighted by molar-refractivity contribution is -0.204. The number of carbonyl (C=O) groups is 2. The van der Waals surface area contributed by atoms with E-state index in [1.165, 1.54) is 29.2 Å². The third-order valence-corrected chi connectivity index (χ3v) is 4.97. The Morgan fingerprint density at radius 3 is 2.23 bits per heavy atom. The topological polar surface area (TPSA) is 84.7 Å². The van der Waals surface area contributed by atoms with Crippen molar-refractivity contribution in [3.63, 3.8) is 0 Å². The van der Waals surface area contributed by atoms with Gasteiger partial charge in [-0.25, -0.2) is 9.78 Å². The van der Waals surface area contributed by atoms with E-state index in [-0.39, 0.29) is 5.56 Å². The average molecular weight is 492 g/mol. The van der Waals surface area contributed by atoms with Gasteiger partial charge >= 0.3 is 12.1 Å². The summed E-state index contributed by atoms with van der Waals surface area (Å²) in [5.74, 6) is -2.07. The number of hydroxylamine groups is 1. The number of aromatic nitrogens is 1. The molecule has 7 nitrogen and oxygen atoms in total. The summed E-state index contributed by atoms with van der Waals surface area (Å²) in [6.45, 7) is 11.7. The molecular formula is C25H28F3N3O4. The molecule has 3 rings (SSSR count). The number of rotatable bonds is 8. The minimum absolute atomic E-state index is 0.0435. The zero-order valence-corrected chi connectivity index (χ0v) is 20.0. The molecule has 0 spiro atoms. The van der Waals surface area contributed by atoms with E-state index in [9.17, 15) is 22.8 Å². The van der Waals surface area contributed by atoms with Gasteiger partial charge in [0, 0.05) is 30.8 Å². The maximum absolute atomic E-state index is 12.2. The van der Waals surface area contributed by atoms with Crippen LogP contribution >= 0.6 is 0 Å². The van der Waals surface area contributed by atoms with Crippen molar-refractivity contribution in [2.24, 2.45) is 11.8 Å². The standard InChI is InChI=1S/C25H28F3N3O4/c1-15(2)12-31(13-16(3)4)14-17-5-7-18(8-6-17)23-29-20-11-19(9-10-21(20)34-23)22(32)30-35-24(33)25(26,27)28/h5-11,15-16H,12-14H2,1-4H3,(H,30,32). The molecule has 0 aliphatic rings. The Balaban J connectivity index is 1.71. The van der Waals surface area contributed by atoms with E-state index in [1.54, 1.807) is 0 Å². The summed E-state index contributed by atoms with van der Waals surface area (Å²) in [4.78, 5) is 33.4. The lowest BCUT2D eigenvalue weighted by Gasteiger charge is -2.26. The number of nitrogens with one attached hydrogen (secondary N) is 1. The number of nitrogens with zero attached hydrogens (tertiary/aromatic N) is 2. The van der Waals surface area contributed by atoms with E-state index in [1.807, 2.05) is 24.3 Å². The van der Waals surface area contributed by atoms with Gasteiger partial charge in [0.05, 0.1) is 0 Å². The normalized spacial score (nSPS) is 12.1. The van der Waals surface area contributed by atoms with Crippen LogP contribution in [0.15, 0.2) is 46.9 Å². The van der Waals surface area contributed by atoms with Gasteiger partial charge in [-0.3, -0.25) is 9.69 Å². The van der Waals surface area contributed by atoms with Crippen LogP contribution in [0.25, 0.3) is 22.6 Å². The number of fused-ring (bicyclic) bond motifs is 1. The molecule has 1 N–H and O–H groups in total. The van der Waals surface area contributed by atoms with Crippen LogP contribution in [0.3, 0.4) is 0 Å². The van der Waals surface area contributed by atoms with Crippen molar-refractivity contribution >= 4 is 23.0 Å². The molecule has 0 aliphatic heterocycles. The van der Waals surface area contributed by atoms with Crippen molar-refractivity contribution in [2.75, 3.05) is 13.1 Å². The Morgan fingerprint density at radius 2 is 1.66 bits per heavy atom. The van der Waals surface area contributed by atoms with Crippen LogP contribution in [0.1, 0.15) is 43.6 Å². The largest absolute Gasteiger partial charge is 0.493 e. The summed E-state index contributed by atoms with van der Waals surface area (Å²) in [7, 11) is 0. The van der Waals surface area contributed by atoms with Crippen molar-refractivity contribution < 1.29 is 32.0 Å². The van der Waals surface area contributed by atoms with Gasteiger partial charge in [0.1, 0.15) is 5.52 Å². The van der Waals surface area contributed by atoms with E-state index >= 15 is 0 Å². The van der Waals surface area contributed by atoms with Gasteiger partial charge in [-0.1, -0.05) is 39.8 Å². The van der Waals surface area contributed by atoms with Crippen molar-refractivity contribution in [3.05, 3.63) is 53.6 Å². The zero-order chi connectivity index (χ0) is 25.8. The third-order valence-electron chi connectivity index (χ3n) is 4.97. The zero-order valence-electron chi connectivity index (χ0n) is 20.0. The van der Waals surface area contributed by atoms with Gasteiger partial charge in [0.15, 0.2) is 5.58 Å². The fraction of sp³-hybridized carbons (Fsp3) is 0.400. The Hall–Kier alpha value is -3.40. The van der Waals surface area contributed by atoms with E-state index in [2.05, 4.69) is 42.4 Å². The molecule has 1 amide bonds. The Morgan fingerprint density at radius 1 is 1.03 bits per heavy atom. The van der Waals surface area contributed by atoms with Crippen LogP contribution < -0.4 is 5.48 Å². The maximum Gasteiger partial charge on any atom is 0.493 e. The molecule has 35 heavy (non-hydrogen) atoms. The summed E-state index contributed by atoms with van der Waals surface area (Å²) in [5, 5.41) is 0. The average Bonchev–Trinajstić information content (AvgIpc) is 3.19. The summed E-state index contributed by atoms with van der Waals surface area (Å²) in [6, 6.07) is 12.0. The van der Waals surface area contributed by atoms with Gasteiger partial charge in [-0.05, 0) is 47.7 Å². The van der Waals surface area contributed by atoms with Gasteiger partial charge in [0.2, 0.25) is 5.89 Å². The maximum atomic E-state index is 12.2. The molecule has 0 unspecified atom stereocenters. The molecule has 0 aliphatic carbocycles. The second kappa shape index (κ2) is 10.9. The molecule has 0 atom stereocenters. The first-order chi connectivity index (χ1) is 16.4. The molecule has 1 aromatic heterocycles. The minimum Gasteiger partial charge on any atom is -0.436 e. The highest BCUT2D eigenvalue weighted by molar-refractivity contribution is 5.97. The Kier molecular flexibility index (Phi) is 8.16. The second-order valence-electron chi connectivity index (χ2n) is 9.20. The Bertz CT molecular complexity index is 1160. The van der Waals surface area contributed by atoms with E-state index in [4.69, 9.17) is 4.42 Å². The molecule has 188 valence electrons. The first kappa shape index (κ1) is 26.2. The molecule has 1 heterocycles. The Labute approximate surface area is 201 Å². The molecule has 10 heteroatoms. The molecule has 0 radical (unpaired) electrons. The highest BCUT2D eigenvalue weighted by atomic mass is 19.4. The monoisotopic (exact) mass is 491 g/mol. The molecule has 2 aromatic carbocycles. The SMILES string of the molecule is CC(C)CN(Cc1ccc(-c2nc3cc(C(=O)NOC(=O)C(F)(F)F)ccc3o2)cc1)CC(C)C. The van der Waals surface area contributed by atoms with Crippen molar-refractivity contribution in [2.45, 2.75) is 40.4 Å². The number of amides is 1. The van der Waals surface area contributed by atoms with Crippen LogP contribution in [0.4, 0.5) is 13.2 Å². The molecule has 0 saturated carbocycles. The number of carbonyl (C=O) groups excluding carboxylic acids is 2. The predicted octanol–water partition coefficient (Wildman–Crippen LogP) is 5.36. The molecule has 0 fully saturated rings. The van der Waals surface area contributed by atoms with Crippen LogP contribution in [-0.2, 0) is 16.2 Å². The highest BCUT2D eigenvalue weighted by Crippen LogP contribution is 2.26. The lowest BCUT2D eigenvalue weighted by Crippen LogP contribution is -2.34. The van der Waals surface area contributed by atoms with Gasteiger partial charge in [0.25, 0.3) is 5.91 Å². The third kappa shape index (κ3) is 7.29. The molecule has 3 aromatic rings. The second-order valence-corrected chi connectivity index (χ2v) is 9.20. The van der Waals surface area contributed by atoms with Crippen LogP contribution in [0, 0.1) is 11.8 Å². The molecule has 0 saturated heterocycles. The van der Waals surface area contributed by atoms with Crippen LogP contribution in [0.5, 0.6) is 0 Å².